The van der Waals surface area contributed by atoms with Crippen LogP contribution in [0.5, 0.6) is 0 Å². The van der Waals surface area contributed by atoms with Crippen LogP contribution in [0.2, 0.25) is 5.28 Å². The summed E-state index contributed by atoms with van der Waals surface area (Å²) in [7, 11) is 0. The van der Waals surface area contributed by atoms with Crippen LogP contribution in [-0.2, 0) is 0 Å². The van der Waals surface area contributed by atoms with E-state index in [0.717, 1.165) is 13.1 Å². The third-order valence-electron chi connectivity index (χ3n) is 1.28. The quantitative estimate of drug-likeness (QED) is 0.776. The van der Waals surface area contributed by atoms with Gasteiger partial charge >= 0.3 is 0 Å². The first-order valence-corrected chi connectivity index (χ1v) is 4.53. The molecule has 1 aromatic heterocycles. The van der Waals surface area contributed by atoms with E-state index < -0.39 is 0 Å². The Bertz CT molecular complexity index is 253. The van der Waals surface area contributed by atoms with Crippen LogP contribution in [-0.4, -0.2) is 28.0 Å². The van der Waals surface area contributed by atoms with Gasteiger partial charge in [0, 0.05) is 13.1 Å². The van der Waals surface area contributed by atoms with Crippen molar-refractivity contribution in [1.29, 1.82) is 0 Å². The van der Waals surface area contributed by atoms with Gasteiger partial charge in [0.15, 0.2) is 0 Å². The molecule has 0 aromatic carbocycles. The lowest BCUT2D eigenvalue weighted by molar-refractivity contribution is 0.999. The van der Waals surface area contributed by atoms with Gasteiger partial charge in [0.25, 0.3) is 0 Å². The number of rotatable bonds is 4. The minimum Gasteiger partial charge on any atom is -0.354 e. The van der Waals surface area contributed by atoms with E-state index in [-0.39, 0.29) is 5.28 Å². The topological polar surface area (TPSA) is 62.7 Å². The molecule has 0 amide bonds. The van der Waals surface area contributed by atoms with Gasteiger partial charge in [-0.3, -0.25) is 0 Å². The van der Waals surface area contributed by atoms with Crippen LogP contribution in [0.1, 0.15) is 13.8 Å². The Morgan fingerprint density at radius 2 is 1.46 bits per heavy atom. The Balaban J connectivity index is 2.83. The largest absolute Gasteiger partial charge is 0.354 e. The second kappa shape index (κ2) is 4.81. The molecule has 1 aromatic rings. The van der Waals surface area contributed by atoms with E-state index in [4.69, 9.17) is 11.6 Å². The molecule has 72 valence electrons. The molecule has 0 radical (unpaired) electrons. The zero-order valence-electron chi connectivity index (χ0n) is 7.63. The fourth-order valence-corrected chi connectivity index (χ4v) is 0.985. The highest BCUT2D eigenvalue weighted by Gasteiger charge is 2.01. The smallest absolute Gasteiger partial charge is 0.228 e. The summed E-state index contributed by atoms with van der Waals surface area (Å²) in [5.74, 6) is 0.997. The molecule has 0 unspecified atom stereocenters. The fraction of sp³-hybridized carbons (Fsp3) is 0.571. The van der Waals surface area contributed by atoms with Crippen LogP contribution in [0.3, 0.4) is 0 Å². The standard InChI is InChI=1S/C7H12ClN5/c1-3-9-6-11-5(8)12-7(13-6)10-4-2/h3-4H2,1-2H3,(H2,9,10,11,12,13)/i5+1,6+1,7+1. The maximum absolute atomic E-state index is 5.68. The molecule has 0 spiro atoms. The van der Waals surface area contributed by atoms with Crippen molar-refractivity contribution in [2.45, 2.75) is 13.8 Å². The molecule has 0 atom stereocenters. The van der Waals surface area contributed by atoms with Crippen molar-refractivity contribution in [2.24, 2.45) is 0 Å². The molecule has 6 heteroatoms. The predicted molar refractivity (Wildman–Crippen MR) is 53.2 cm³/mol. The first kappa shape index (κ1) is 9.98. The fourth-order valence-electron chi connectivity index (χ4n) is 0.824. The number of hydrogen-bond acceptors (Lipinski definition) is 5. The first-order valence-electron chi connectivity index (χ1n) is 4.15. The van der Waals surface area contributed by atoms with Crippen LogP contribution in [0, 0.1) is 0 Å². The van der Waals surface area contributed by atoms with Gasteiger partial charge in [0.2, 0.25) is 17.2 Å². The summed E-state index contributed by atoms with van der Waals surface area (Å²) in [4.78, 5) is 11.9. The maximum Gasteiger partial charge on any atom is 0.228 e. The monoisotopic (exact) mass is 204 g/mol. The molecule has 5 nitrogen and oxygen atoms in total. The average Bonchev–Trinajstić information content (AvgIpc) is 2.04. The van der Waals surface area contributed by atoms with E-state index in [2.05, 4.69) is 25.6 Å². The van der Waals surface area contributed by atoms with Gasteiger partial charge in [-0.1, -0.05) is 0 Å². The summed E-state index contributed by atoms with van der Waals surface area (Å²) in [6, 6.07) is 0. The lowest BCUT2D eigenvalue weighted by Gasteiger charge is -2.04. The number of nitrogens with zero attached hydrogens (tertiary/aromatic N) is 3. The third-order valence-corrected chi connectivity index (χ3v) is 1.45. The number of aromatic nitrogens is 3. The first-order chi connectivity index (χ1) is 6.26. The molecule has 1 rings (SSSR count). The summed E-state index contributed by atoms with van der Waals surface area (Å²) in [5.41, 5.74) is 0. The Morgan fingerprint density at radius 1 is 1.00 bits per heavy atom. The number of nitrogens with one attached hydrogen (secondary N) is 2. The molecular weight excluding hydrogens is 193 g/mol. The molecule has 2 N–H and O–H groups in total. The molecule has 0 saturated heterocycles. The van der Waals surface area contributed by atoms with Gasteiger partial charge in [-0.15, -0.1) is 0 Å². The van der Waals surface area contributed by atoms with E-state index >= 15 is 0 Å². The highest BCUT2D eigenvalue weighted by atomic mass is 35.5. The molecule has 13 heavy (non-hydrogen) atoms. The van der Waals surface area contributed by atoms with Crippen molar-refractivity contribution in [1.82, 2.24) is 15.0 Å². The van der Waals surface area contributed by atoms with E-state index in [1.165, 1.54) is 0 Å². The van der Waals surface area contributed by atoms with Crippen LogP contribution in [0.15, 0.2) is 0 Å². The zero-order chi connectivity index (χ0) is 9.68. The van der Waals surface area contributed by atoms with Gasteiger partial charge in [0.1, 0.15) is 0 Å². The molecule has 0 saturated carbocycles. The van der Waals surface area contributed by atoms with Gasteiger partial charge in [-0.05, 0) is 25.4 Å². The minimum atomic E-state index is 0.196. The summed E-state index contributed by atoms with van der Waals surface area (Å²) in [6.45, 7) is 5.44. The SMILES string of the molecule is CCN[13c]1n[13c](Cl)n[13c](NCC)n1. The van der Waals surface area contributed by atoms with Crippen molar-refractivity contribution < 1.29 is 0 Å². The van der Waals surface area contributed by atoms with Gasteiger partial charge in [-0.25, -0.2) is 0 Å². The van der Waals surface area contributed by atoms with Gasteiger partial charge in [0.05, 0.1) is 0 Å². The van der Waals surface area contributed by atoms with Crippen molar-refractivity contribution in [3.8, 4) is 0 Å². The summed E-state index contributed by atoms with van der Waals surface area (Å²) < 4.78 is 0. The summed E-state index contributed by atoms with van der Waals surface area (Å²) in [6.07, 6.45) is 0. The number of anilines is 2. The second-order valence-electron chi connectivity index (χ2n) is 2.31. The molecule has 0 aliphatic rings. The highest BCUT2D eigenvalue weighted by molar-refractivity contribution is 6.28. The van der Waals surface area contributed by atoms with Crippen molar-refractivity contribution in [2.75, 3.05) is 23.7 Å². The van der Waals surface area contributed by atoms with Crippen molar-refractivity contribution in [3.05, 3.63) is 5.28 Å². The summed E-state index contributed by atoms with van der Waals surface area (Å²) in [5, 5.41) is 6.12. The Morgan fingerprint density at radius 3 is 1.85 bits per heavy atom. The minimum absolute atomic E-state index is 0.196. The molecule has 0 fully saturated rings. The Hall–Kier alpha value is -1.10. The lowest BCUT2D eigenvalue weighted by Crippen LogP contribution is -2.08. The van der Waals surface area contributed by atoms with Gasteiger partial charge in [-0.2, -0.15) is 15.0 Å². The van der Waals surface area contributed by atoms with E-state index in [0.29, 0.717) is 11.9 Å². The van der Waals surface area contributed by atoms with Crippen LogP contribution < -0.4 is 10.6 Å². The Labute approximate surface area is 82.0 Å². The molecular formula is C7H12ClN5. The molecule has 0 bridgehead atoms. The Kier molecular flexibility index (Phi) is 3.70. The molecule has 0 aliphatic heterocycles. The predicted octanol–water partition coefficient (Wildman–Crippen LogP) is 1.39. The molecule has 0 aliphatic carbocycles. The van der Waals surface area contributed by atoms with Crippen LogP contribution in [0.4, 0.5) is 11.9 Å². The number of hydrogen-bond donors (Lipinski definition) is 2. The maximum atomic E-state index is 5.68. The lowest BCUT2D eigenvalue weighted by atomic mass is 10.8. The summed E-state index contributed by atoms with van der Waals surface area (Å²) >= 11 is 5.68. The normalized spacial score (nSPS) is 9.77. The van der Waals surface area contributed by atoms with Crippen molar-refractivity contribution >= 4 is 23.5 Å². The van der Waals surface area contributed by atoms with E-state index in [9.17, 15) is 0 Å². The van der Waals surface area contributed by atoms with E-state index in [1.807, 2.05) is 13.8 Å². The number of halogens is 1. The van der Waals surface area contributed by atoms with Gasteiger partial charge < -0.3 is 10.6 Å². The van der Waals surface area contributed by atoms with Crippen molar-refractivity contribution in [3.63, 3.8) is 0 Å². The van der Waals surface area contributed by atoms with E-state index in [1.54, 1.807) is 0 Å². The van der Waals surface area contributed by atoms with Crippen LogP contribution >= 0.6 is 11.6 Å². The highest BCUT2D eigenvalue weighted by Crippen LogP contribution is 2.08. The second-order valence-corrected chi connectivity index (χ2v) is 2.65. The van der Waals surface area contributed by atoms with Crippen LogP contribution in [0.25, 0.3) is 0 Å². The zero-order valence-corrected chi connectivity index (χ0v) is 8.39. The average molecular weight is 205 g/mol. The molecule has 1 heterocycles. The third kappa shape index (κ3) is 3.02.